The fourth-order valence-electron chi connectivity index (χ4n) is 1.26. The van der Waals surface area contributed by atoms with Gasteiger partial charge in [0.05, 0.1) is 11.7 Å². The van der Waals surface area contributed by atoms with Crippen LogP contribution < -0.4 is 0 Å². The Kier molecular flexibility index (Phi) is 3.88. The first-order valence-electron chi connectivity index (χ1n) is 4.52. The molecule has 1 rings (SSSR count). The van der Waals surface area contributed by atoms with Crippen molar-refractivity contribution < 1.29 is 27.8 Å². The van der Waals surface area contributed by atoms with Gasteiger partial charge in [-0.1, -0.05) is 6.07 Å². The van der Waals surface area contributed by atoms with Crippen LogP contribution in [-0.2, 0) is 6.18 Å². The zero-order valence-electron chi connectivity index (χ0n) is 8.13. The minimum atomic E-state index is -4.75. The molecule has 0 heterocycles. The van der Waals surface area contributed by atoms with E-state index in [1.807, 2.05) is 0 Å². The minimum Gasteiger partial charge on any atom is -0.396 e. The topological polar surface area (TPSA) is 40.5 Å². The summed E-state index contributed by atoms with van der Waals surface area (Å²) < 4.78 is 49.6. The van der Waals surface area contributed by atoms with E-state index < -0.39 is 23.7 Å². The van der Waals surface area contributed by atoms with Gasteiger partial charge in [0.1, 0.15) is 5.82 Å². The van der Waals surface area contributed by atoms with Crippen LogP contribution in [0.4, 0.5) is 17.6 Å². The first-order valence-corrected chi connectivity index (χ1v) is 4.52. The average molecular weight is 238 g/mol. The molecule has 0 aliphatic heterocycles. The predicted molar refractivity (Wildman–Crippen MR) is 48.1 cm³/mol. The molecule has 0 spiro atoms. The van der Waals surface area contributed by atoms with Crippen LogP contribution in [0.2, 0.25) is 0 Å². The van der Waals surface area contributed by atoms with Crippen molar-refractivity contribution in [3.05, 3.63) is 35.1 Å². The van der Waals surface area contributed by atoms with Crippen molar-refractivity contribution in [2.75, 3.05) is 6.61 Å². The quantitative estimate of drug-likeness (QED) is 0.793. The fraction of sp³-hybridized carbons (Fsp3) is 0.400. The summed E-state index contributed by atoms with van der Waals surface area (Å²) in [4.78, 5) is 0. The lowest BCUT2D eigenvalue weighted by molar-refractivity contribution is -0.140. The Morgan fingerprint density at radius 3 is 2.31 bits per heavy atom. The van der Waals surface area contributed by atoms with Gasteiger partial charge in [-0.2, -0.15) is 13.2 Å². The maximum Gasteiger partial charge on any atom is 0.419 e. The van der Waals surface area contributed by atoms with Crippen LogP contribution >= 0.6 is 0 Å². The van der Waals surface area contributed by atoms with E-state index in [-0.39, 0.29) is 18.6 Å². The summed E-state index contributed by atoms with van der Waals surface area (Å²) in [5, 5.41) is 17.8. The second-order valence-corrected chi connectivity index (χ2v) is 3.27. The molecule has 0 aromatic heterocycles. The van der Waals surface area contributed by atoms with Crippen molar-refractivity contribution in [1.29, 1.82) is 0 Å². The molecule has 90 valence electrons. The molecule has 2 N–H and O–H groups in total. The number of alkyl halides is 3. The largest absolute Gasteiger partial charge is 0.419 e. The highest BCUT2D eigenvalue weighted by Crippen LogP contribution is 2.32. The molecule has 0 saturated carbocycles. The molecular weight excluding hydrogens is 228 g/mol. The van der Waals surface area contributed by atoms with Crippen molar-refractivity contribution in [2.45, 2.75) is 18.7 Å². The van der Waals surface area contributed by atoms with Crippen molar-refractivity contribution in [3.63, 3.8) is 0 Å². The third kappa shape index (κ3) is 2.93. The van der Waals surface area contributed by atoms with Crippen LogP contribution in [0.3, 0.4) is 0 Å². The van der Waals surface area contributed by atoms with Gasteiger partial charge in [-0.15, -0.1) is 0 Å². The monoisotopic (exact) mass is 238 g/mol. The van der Waals surface area contributed by atoms with E-state index in [0.717, 1.165) is 6.07 Å². The molecule has 16 heavy (non-hydrogen) atoms. The maximum absolute atomic E-state index is 13.1. The molecule has 1 aromatic carbocycles. The van der Waals surface area contributed by atoms with Crippen LogP contribution in [0.5, 0.6) is 0 Å². The smallest absolute Gasteiger partial charge is 0.396 e. The summed E-state index contributed by atoms with van der Waals surface area (Å²) in [5.74, 6) is -1.43. The van der Waals surface area contributed by atoms with Gasteiger partial charge in [0.25, 0.3) is 0 Å². The van der Waals surface area contributed by atoms with E-state index in [9.17, 15) is 22.7 Å². The van der Waals surface area contributed by atoms with Crippen LogP contribution in [0.25, 0.3) is 0 Å². The van der Waals surface area contributed by atoms with Gasteiger partial charge in [-0.25, -0.2) is 4.39 Å². The third-order valence-corrected chi connectivity index (χ3v) is 2.09. The van der Waals surface area contributed by atoms with Gasteiger partial charge in [-0.05, 0) is 17.7 Å². The lowest BCUT2D eigenvalue weighted by Crippen LogP contribution is -2.09. The zero-order valence-corrected chi connectivity index (χ0v) is 8.13. The molecule has 1 atom stereocenters. The number of aliphatic hydroxyl groups is 2. The minimum absolute atomic E-state index is 0.0135. The molecule has 1 unspecified atom stereocenters. The van der Waals surface area contributed by atoms with Crippen molar-refractivity contribution >= 4 is 0 Å². The molecule has 0 radical (unpaired) electrons. The number of benzene rings is 1. The molecule has 0 aliphatic rings. The third-order valence-electron chi connectivity index (χ3n) is 2.09. The SMILES string of the molecule is OCCC(O)c1ccc(C(F)(F)F)c(F)c1. The van der Waals surface area contributed by atoms with Crippen molar-refractivity contribution in [2.24, 2.45) is 0 Å². The molecule has 0 fully saturated rings. The Labute approximate surface area is 89.1 Å². The predicted octanol–water partition coefficient (Wildman–Crippen LogP) is 2.26. The number of hydrogen-bond donors (Lipinski definition) is 2. The van der Waals surface area contributed by atoms with E-state index in [2.05, 4.69) is 0 Å². The van der Waals surface area contributed by atoms with Crippen molar-refractivity contribution in [1.82, 2.24) is 0 Å². The van der Waals surface area contributed by atoms with E-state index in [4.69, 9.17) is 5.11 Å². The highest BCUT2D eigenvalue weighted by Gasteiger charge is 2.34. The van der Waals surface area contributed by atoms with Crippen LogP contribution in [0.1, 0.15) is 23.7 Å². The van der Waals surface area contributed by atoms with Crippen molar-refractivity contribution in [3.8, 4) is 0 Å². The van der Waals surface area contributed by atoms with Gasteiger partial charge < -0.3 is 10.2 Å². The Bertz CT molecular complexity index is 362. The van der Waals surface area contributed by atoms with Gasteiger partial charge >= 0.3 is 6.18 Å². The lowest BCUT2D eigenvalue weighted by atomic mass is 10.0. The van der Waals surface area contributed by atoms with E-state index in [1.54, 1.807) is 0 Å². The molecule has 0 aliphatic carbocycles. The van der Waals surface area contributed by atoms with Gasteiger partial charge in [0, 0.05) is 13.0 Å². The Morgan fingerprint density at radius 2 is 1.88 bits per heavy atom. The summed E-state index contributed by atoms with van der Waals surface area (Å²) in [7, 11) is 0. The molecule has 0 bridgehead atoms. The molecule has 6 heteroatoms. The molecule has 0 saturated heterocycles. The highest BCUT2D eigenvalue weighted by molar-refractivity contribution is 5.27. The normalized spacial score (nSPS) is 13.9. The van der Waals surface area contributed by atoms with Crippen LogP contribution in [0.15, 0.2) is 18.2 Å². The Hall–Kier alpha value is -1.14. The Balaban J connectivity index is 3.00. The van der Waals surface area contributed by atoms with Crippen LogP contribution in [0, 0.1) is 5.82 Å². The summed E-state index contributed by atoms with van der Waals surface area (Å²) in [6.45, 7) is -0.330. The standard InChI is InChI=1S/C10H10F4O2/c11-8-5-6(9(16)3-4-15)1-2-7(8)10(12,13)14/h1-2,5,9,15-16H,3-4H2. The fourth-order valence-corrected chi connectivity index (χ4v) is 1.26. The number of aliphatic hydroxyl groups excluding tert-OH is 2. The molecule has 2 nitrogen and oxygen atoms in total. The zero-order chi connectivity index (χ0) is 12.3. The van der Waals surface area contributed by atoms with E-state index in [0.29, 0.717) is 12.1 Å². The summed E-state index contributed by atoms with van der Waals surface area (Å²) in [6, 6.07) is 2.20. The second-order valence-electron chi connectivity index (χ2n) is 3.27. The maximum atomic E-state index is 13.1. The van der Waals surface area contributed by atoms with Crippen LogP contribution in [-0.4, -0.2) is 16.8 Å². The molecule has 0 amide bonds. The van der Waals surface area contributed by atoms with Gasteiger partial charge in [0.2, 0.25) is 0 Å². The summed E-state index contributed by atoms with van der Waals surface area (Å²) >= 11 is 0. The van der Waals surface area contributed by atoms with E-state index >= 15 is 0 Å². The summed E-state index contributed by atoms with van der Waals surface area (Å²) in [5.41, 5.74) is -1.35. The Morgan fingerprint density at radius 1 is 1.25 bits per heavy atom. The number of hydrogen-bond acceptors (Lipinski definition) is 2. The first-order chi connectivity index (χ1) is 7.36. The highest BCUT2D eigenvalue weighted by atomic mass is 19.4. The second kappa shape index (κ2) is 4.80. The lowest BCUT2D eigenvalue weighted by Gasteiger charge is -2.12. The molecule has 1 aromatic rings. The summed E-state index contributed by atoms with van der Waals surface area (Å²) in [6.07, 6.45) is -5.96. The first kappa shape index (κ1) is 12.9. The van der Waals surface area contributed by atoms with Gasteiger partial charge in [-0.3, -0.25) is 0 Å². The average Bonchev–Trinajstić information content (AvgIpc) is 2.16. The number of halogens is 4. The van der Waals surface area contributed by atoms with Gasteiger partial charge in [0.15, 0.2) is 0 Å². The molecular formula is C10H10F4O2. The number of rotatable bonds is 3. The van der Waals surface area contributed by atoms with E-state index in [1.165, 1.54) is 0 Å².